The first-order chi connectivity index (χ1) is 8.15. The van der Waals surface area contributed by atoms with E-state index in [0.717, 1.165) is 33.9 Å². The highest BCUT2D eigenvalue weighted by Crippen LogP contribution is 2.31. The molecule has 0 saturated carbocycles. The van der Waals surface area contributed by atoms with Crippen LogP contribution in [-0.4, -0.2) is 18.4 Å². The van der Waals surface area contributed by atoms with Crippen LogP contribution in [0.3, 0.4) is 0 Å². The van der Waals surface area contributed by atoms with Crippen LogP contribution in [0.2, 0.25) is 0 Å². The first-order valence-corrected chi connectivity index (χ1v) is 6.05. The molecule has 2 rings (SSSR count). The molecule has 0 aliphatic rings. The fraction of sp³-hybridized carbons (Fsp3) is 0.231. The van der Waals surface area contributed by atoms with Gasteiger partial charge in [-0.1, -0.05) is 0 Å². The van der Waals surface area contributed by atoms with Gasteiger partial charge in [-0.05, 0) is 37.6 Å². The van der Waals surface area contributed by atoms with E-state index in [1.165, 1.54) is 11.3 Å². The molecule has 0 aliphatic heterocycles. The minimum atomic E-state index is 0.690. The van der Waals surface area contributed by atoms with Gasteiger partial charge in [0, 0.05) is 5.56 Å². The van der Waals surface area contributed by atoms with Gasteiger partial charge in [-0.15, -0.1) is 11.3 Å². The predicted molar refractivity (Wildman–Crippen MR) is 69.0 cm³/mol. The van der Waals surface area contributed by atoms with Gasteiger partial charge in [0.2, 0.25) is 0 Å². The molecule has 0 fully saturated rings. The van der Waals surface area contributed by atoms with Crippen molar-refractivity contribution < 1.29 is 9.53 Å². The summed E-state index contributed by atoms with van der Waals surface area (Å²) >= 11 is 1.42. The van der Waals surface area contributed by atoms with Gasteiger partial charge >= 0.3 is 0 Å². The molecule has 1 aromatic heterocycles. The van der Waals surface area contributed by atoms with Crippen molar-refractivity contribution in [2.75, 3.05) is 7.11 Å². The molecule has 1 heterocycles. The molecular weight excluding hydrogens is 234 g/mol. The predicted octanol–water partition coefficient (Wildman–Crippen LogP) is 3.25. The van der Waals surface area contributed by atoms with E-state index >= 15 is 0 Å². The second kappa shape index (κ2) is 4.67. The van der Waals surface area contributed by atoms with E-state index in [-0.39, 0.29) is 0 Å². The summed E-state index contributed by atoms with van der Waals surface area (Å²) in [5.74, 6) is 0.829. The van der Waals surface area contributed by atoms with Crippen molar-refractivity contribution in [2.24, 2.45) is 0 Å². The Balaban J connectivity index is 2.48. The number of hydrogen-bond donors (Lipinski definition) is 0. The Morgan fingerprint density at radius 1 is 1.35 bits per heavy atom. The number of aryl methyl sites for hydroxylation is 2. The molecule has 0 aliphatic carbocycles. The van der Waals surface area contributed by atoms with Crippen molar-refractivity contribution in [3.05, 3.63) is 34.3 Å². The van der Waals surface area contributed by atoms with Crippen LogP contribution in [0.1, 0.15) is 20.9 Å². The molecule has 0 atom stereocenters. The Bertz CT molecular complexity index is 561. The molecular formula is C13H13NO2S. The van der Waals surface area contributed by atoms with Crippen molar-refractivity contribution in [3.8, 4) is 16.3 Å². The summed E-state index contributed by atoms with van der Waals surface area (Å²) in [5, 5.41) is 0.879. The molecule has 3 nitrogen and oxygen atoms in total. The molecule has 0 unspecified atom stereocenters. The first kappa shape index (κ1) is 11.8. The van der Waals surface area contributed by atoms with E-state index in [1.807, 2.05) is 32.0 Å². The van der Waals surface area contributed by atoms with Gasteiger partial charge in [-0.3, -0.25) is 4.79 Å². The first-order valence-electron chi connectivity index (χ1n) is 5.23. The van der Waals surface area contributed by atoms with E-state index < -0.39 is 0 Å². The van der Waals surface area contributed by atoms with Crippen LogP contribution >= 0.6 is 11.3 Å². The summed E-state index contributed by atoms with van der Waals surface area (Å²) < 4.78 is 5.16. The molecule has 0 saturated heterocycles. The Kier molecular flexibility index (Phi) is 3.24. The number of hydrogen-bond acceptors (Lipinski definition) is 4. The summed E-state index contributed by atoms with van der Waals surface area (Å²) in [6, 6.07) is 5.84. The third-order valence-corrected chi connectivity index (χ3v) is 3.72. The maximum absolute atomic E-state index is 10.8. The molecule has 0 radical (unpaired) electrons. The molecule has 1 aromatic carbocycles. The summed E-state index contributed by atoms with van der Waals surface area (Å²) in [6.45, 7) is 3.86. The van der Waals surface area contributed by atoms with E-state index in [9.17, 15) is 4.79 Å². The second-order valence-corrected chi connectivity index (χ2v) is 4.80. The minimum absolute atomic E-state index is 0.690. The number of aromatic nitrogens is 1. The normalized spacial score (nSPS) is 10.3. The molecule has 88 valence electrons. The molecule has 2 aromatic rings. The molecule has 0 bridgehead atoms. The third-order valence-electron chi connectivity index (χ3n) is 2.60. The van der Waals surface area contributed by atoms with Crippen LogP contribution in [0, 0.1) is 13.8 Å². The van der Waals surface area contributed by atoms with Crippen LogP contribution in [0.15, 0.2) is 18.2 Å². The number of methoxy groups -OCH3 is 1. The average Bonchev–Trinajstić information content (AvgIpc) is 2.70. The summed E-state index contributed by atoms with van der Waals surface area (Å²) in [6.07, 6.45) is 0.857. The Morgan fingerprint density at radius 2 is 2.12 bits per heavy atom. The number of ether oxygens (including phenoxy) is 1. The van der Waals surface area contributed by atoms with Gasteiger partial charge in [0.15, 0.2) is 6.29 Å². The van der Waals surface area contributed by atoms with Gasteiger partial charge in [0.05, 0.1) is 17.7 Å². The smallest absolute Gasteiger partial charge is 0.161 e. The molecule has 4 heteroatoms. The number of rotatable bonds is 3. The maximum atomic E-state index is 10.8. The van der Waals surface area contributed by atoms with Crippen molar-refractivity contribution in [2.45, 2.75) is 13.8 Å². The van der Waals surface area contributed by atoms with Crippen LogP contribution in [0.25, 0.3) is 10.6 Å². The van der Waals surface area contributed by atoms with Crippen molar-refractivity contribution in [3.63, 3.8) is 0 Å². The number of carbonyl (C=O) groups is 1. The topological polar surface area (TPSA) is 39.2 Å². The van der Waals surface area contributed by atoms with Crippen molar-refractivity contribution >= 4 is 17.6 Å². The highest BCUT2D eigenvalue weighted by atomic mass is 32.1. The van der Waals surface area contributed by atoms with Gasteiger partial charge in [0.1, 0.15) is 10.8 Å². The molecule has 17 heavy (non-hydrogen) atoms. The summed E-state index contributed by atoms with van der Waals surface area (Å²) in [4.78, 5) is 15.9. The number of benzene rings is 1. The van der Waals surface area contributed by atoms with E-state index in [0.29, 0.717) is 4.88 Å². The van der Waals surface area contributed by atoms with Gasteiger partial charge in [-0.25, -0.2) is 4.98 Å². The lowest BCUT2D eigenvalue weighted by atomic mass is 10.1. The SMILES string of the molecule is COc1ccc(-c2nc(C)c(C=O)s2)c(C)c1. The van der Waals surface area contributed by atoms with E-state index in [1.54, 1.807) is 7.11 Å². The zero-order chi connectivity index (χ0) is 12.4. The fourth-order valence-electron chi connectivity index (χ4n) is 1.64. The highest BCUT2D eigenvalue weighted by Gasteiger charge is 2.11. The number of thiazole rings is 1. The summed E-state index contributed by atoms with van der Waals surface area (Å²) in [5.41, 5.74) is 2.93. The van der Waals surface area contributed by atoms with Crippen LogP contribution in [0.4, 0.5) is 0 Å². The van der Waals surface area contributed by atoms with Crippen LogP contribution < -0.4 is 4.74 Å². The lowest BCUT2D eigenvalue weighted by Gasteiger charge is -2.05. The summed E-state index contributed by atoms with van der Waals surface area (Å²) in [7, 11) is 1.65. The van der Waals surface area contributed by atoms with Crippen LogP contribution in [-0.2, 0) is 0 Å². The third kappa shape index (κ3) is 2.22. The minimum Gasteiger partial charge on any atom is -0.497 e. The molecule has 0 amide bonds. The van der Waals surface area contributed by atoms with Crippen LogP contribution in [0.5, 0.6) is 5.75 Å². The van der Waals surface area contributed by atoms with E-state index in [4.69, 9.17) is 4.74 Å². The van der Waals surface area contributed by atoms with E-state index in [2.05, 4.69) is 4.98 Å². The fourth-order valence-corrected chi connectivity index (χ4v) is 2.61. The monoisotopic (exact) mass is 247 g/mol. The molecule has 0 N–H and O–H groups in total. The highest BCUT2D eigenvalue weighted by molar-refractivity contribution is 7.16. The Labute approximate surface area is 104 Å². The average molecular weight is 247 g/mol. The Morgan fingerprint density at radius 3 is 2.65 bits per heavy atom. The zero-order valence-electron chi connectivity index (χ0n) is 9.98. The molecule has 0 spiro atoms. The number of carbonyl (C=O) groups excluding carboxylic acids is 1. The van der Waals surface area contributed by atoms with Gasteiger partial charge in [-0.2, -0.15) is 0 Å². The lowest BCUT2D eigenvalue weighted by Crippen LogP contribution is -1.87. The largest absolute Gasteiger partial charge is 0.497 e. The lowest BCUT2D eigenvalue weighted by molar-refractivity contribution is 0.112. The van der Waals surface area contributed by atoms with Gasteiger partial charge in [0.25, 0.3) is 0 Å². The van der Waals surface area contributed by atoms with Crippen molar-refractivity contribution in [1.82, 2.24) is 4.98 Å². The van der Waals surface area contributed by atoms with Gasteiger partial charge < -0.3 is 4.74 Å². The Hall–Kier alpha value is -1.68. The second-order valence-electron chi connectivity index (χ2n) is 3.77. The standard InChI is InChI=1S/C13H13NO2S/c1-8-6-10(16-3)4-5-11(8)13-14-9(2)12(7-15)17-13/h4-7H,1-3H3. The van der Waals surface area contributed by atoms with Crippen molar-refractivity contribution in [1.29, 1.82) is 0 Å². The zero-order valence-corrected chi connectivity index (χ0v) is 10.8. The quantitative estimate of drug-likeness (QED) is 0.781. The maximum Gasteiger partial charge on any atom is 0.161 e. The number of nitrogens with zero attached hydrogens (tertiary/aromatic N) is 1. The number of aldehydes is 1.